The van der Waals surface area contributed by atoms with Crippen molar-refractivity contribution in [3.63, 3.8) is 0 Å². The molecule has 0 bridgehead atoms. The number of nitrogens with one attached hydrogen (secondary N) is 3. The summed E-state index contributed by atoms with van der Waals surface area (Å²) in [6.07, 6.45) is 3.42. The number of fused-ring (bicyclic) bond motifs is 2. The van der Waals surface area contributed by atoms with E-state index in [1.165, 1.54) is 5.56 Å². The molecule has 1 amide bonds. The lowest BCUT2D eigenvalue weighted by Crippen LogP contribution is -2.50. The number of sulfonamides is 1. The summed E-state index contributed by atoms with van der Waals surface area (Å²) < 4.78 is 27.0. The molecule has 126 valence electrons. The quantitative estimate of drug-likeness (QED) is 0.749. The Morgan fingerprint density at radius 3 is 3.00 bits per heavy atom. The molecule has 8 heteroatoms. The molecule has 0 fully saturated rings. The molecule has 1 aromatic heterocycles. The first kappa shape index (κ1) is 15.3. The van der Waals surface area contributed by atoms with Gasteiger partial charge in [-0.1, -0.05) is 18.2 Å². The molecular weight excluding hydrogens is 328 g/mol. The molecule has 2 aromatic rings. The summed E-state index contributed by atoms with van der Waals surface area (Å²) in [5, 5.41) is 10.0. The van der Waals surface area contributed by atoms with Gasteiger partial charge in [-0.05, 0) is 42.9 Å². The van der Waals surface area contributed by atoms with Crippen LogP contribution in [0.4, 0.5) is 0 Å². The van der Waals surface area contributed by atoms with Crippen LogP contribution in [-0.2, 0) is 40.6 Å². The van der Waals surface area contributed by atoms with Gasteiger partial charge in [-0.3, -0.25) is 9.89 Å². The van der Waals surface area contributed by atoms with E-state index in [1.54, 1.807) is 24.3 Å². The molecule has 1 aromatic carbocycles. The van der Waals surface area contributed by atoms with Crippen LogP contribution in [0.2, 0.25) is 0 Å². The maximum Gasteiger partial charge on any atom is 0.241 e. The van der Waals surface area contributed by atoms with E-state index in [9.17, 15) is 13.2 Å². The summed E-state index contributed by atoms with van der Waals surface area (Å²) in [5.74, 6) is -0.331. The van der Waals surface area contributed by atoms with Gasteiger partial charge in [0.15, 0.2) is 0 Å². The zero-order chi connectivity index (χ0) is 16.7. The molecule has 3 N–H and O–H groups in total. The highest BCUT2D eigenvalue weighted by Gasteiger charge is 2.33. The van der Waals surface area contributed by atoms with Crippen LogP contribution in [0.3, 0.4) is 0 Å². The van der Waals surface area contributed by atoms with E-state index < -0.39 is 16.1 Å². The number of aromatic amines is 1. The van der Waals surface area contributed by atoms with E-state index in [2.05, 4.69) is 20.2 Å². The third-order valence-electron chi connectivity index (χ3n) is 4.62. The van der Waals surface area contributed by atoms with Crippen molar-refractivity contribution in [3.8, 4) is 0 Å². The first-order valence-corrected chi connectivity index (χ1v) is 9.46. The van der Waals surface area contributed by atoms with E-state index in [0.29, 0.717) is 18.5 Å². The summed E-state index contributed by atoms with van der Waals surface area (Å²) in [5.41, 5.74) is 3.84. The third-order valence-corrected chi connectivity index (χ3v) is 6.19. The Morgan fingerprint density at radius 1 is 1.29 bits per heavy atom. The topological polar surface area (TPSA) is 104 Å². The van der Waals surface area contributed by atoms with Gasteiger partial charge < -0.3 is 5.32 Å². The summed E-state index contributed by atoms with van der Waals surface area (Å²) in [6, 6.07) is 5.96. The normalized spacial score (nSPS) is 21.1. The number of amides is 1. The van der Waals surface area contributed by atoms with Gasteiger partial charge >= 0.3 is 0 Å². The summed E-state index contributed by atoms with van der Waals surface area (Å²) >= 11 is 0. The Morgan fingerprint density at radius 2 is 2.12 bits per heavy atom. The number of nitrogens with zero attached hydrogens (tertiary/aromatic N) is 1. The Bertz CT molecular complexity index is 904. The van der Waals surface area contributed by atoms with Gasteiger partial charge in [-0.15, -0.1) is 0 Å². The molecule has 1 aliphatic heterocycles. The van der Waals surface area contributed by atoms with Gasteiger partial charge in [0.05, 0.1) is 17.1 Å². The minimum Gasteiger partial charge on any atom is -0.349 e. The minimum absolute atomic E-state index is 0.249. The Balaban J connectivity index is 1.48. The molecule has 1 atom stereocenters. The second-order valence-corrected chi connectivity index (χ2v) is 7.87. The van der Waals surface area contributed by atoms with Gasteiger partial charge in [0.2, 0.25) is 15.9 Å². The number of hydrogen-bond donors (Lipinski definition) is 3. The van der Waals surface area contributed by atoms with Crippen LogP contribution in [0.25, 0.3) is 0 Å². The highest BCUT2D eigenvalue weighted by molar-refractivity contribution is 7.89. The number of H-pyrrole nitrogens is 1. The zero-order valence-corrected chi connectivity index (χ0v) is 13.8. The predicted octanol–water partition coefficient (Wildman–Crippen LogP) is 0.418. The van der Waals surface area contributed by atoms with Crippen LogP contribution in [0.1, 0.15) is 28.9 Å². The molecule has 0 saturated heterocycles. The highest BCUT2D eigenvalue weighted by Crippen LogP contribution is 2.24. The van der Waals surface area contributed by atoms with Crippen molar-refractivity contribution in [2.24, 2.45) is 0 Å². The number of hydrogen-bond acceptors (Lipinski definition) is 4. The third kappa shape index (κ3) is 2.61. The van der Waals surface area contributed by atoms with Crippen molar-refractivity contribution in [3.05, 3.63) is 46.8 Å². The molecule has 0 radical (unpaired) electrons. The van der Waals surface area contributed by atoms with Gasteiger partial charge in [0.1, 0.15) is 6.04 Å². The molecule has 0 saturated carbocycles. The van der Waals surface area contributed by atoms with E-state index in [4.69, 9.17) is 0 Å². The Hall–Kier alpha value is -2.19. The smallest absolute Gasteiger partial charge is 0.241 e. The predicted molar refractivity (Wildman–Crippen MR) is 86.7 cm³/mol. The average Bonchev–Trinajstić information content (AvgIpc) is 3.16. The van der Waals surface area contributed by atoms with Gasteiger partial charge in [0, 0.05) is 5.69 Å². The lowest BCUT2D eigenvalue weighted by Gasteiger charge is -2.25. The summed E-state index contributed by atoms with van der Waals surface area (Å²) in [6.45, 7) is 0.310. The Labute approximate surface area is 139 Å². The fraction of sp³-hybridized carbons (Fsp3) is 0.375. The molecule has 24 heavy (non-hydrogen) atoms. The van der Waals surface area contributed by atoms with Crippen molar-refractivity contribution in [1.29, 1.82) is 0 Å². The molecular formula is C16H18N4O3S. The molecule has 2 heterocycles. The fourth-order valence-corrected chi connectivity index (χ4v) is 4.87. The molecule has 0 spiro atoms. The first-order chi connectivity index (χ1) is 11.5. The highest BCUT2D eigenvalue weighted by atomic mass is 32.2. The number of aromatic nitrogens is 2. The number of carbonyl (C=O) groups is 1. The second-order valence-electron chi connectivity index (χ2n) is 6.18. The number of carbonyl (C=O) groups excluding carboxylic acids is 1. The summed E-state index contributed by atoms with van der Waals surface area (Å²) in [7, 11) is -3.65. The van der Waals surface area contributed by atoms with Crippen LogP contribution in [-0.4, -0.2) is 30.6 Å². The van der Waals surface area contributed by atoms with Gasteiger partial charge in [0.25, 0.3) is 0 Å². The van der Waals surface area contributed by atoms with Crippen LogP contribution < -0.4 is 10.0 Å². The first-order valence-electron chi connectivity index (χ1n) is 7.97. The second kappa shape index (κ2) is 5.71. The molecule has 0 unspecified atom stereocenters. The van der Waals surface area contributed by atoms with Crippen molar-refractivity contribution >= 4 is 15.9 Å². The van der Waals surface area contributed by atoms with Gasteiger partial charge in [-0.2, -0.15) is 9.82 Å². The zero-order valence-electron chi connectivity index (χ0n) is 13.0. The fourth-order valence-electron chi connectivity index (χ4n) is 3.42. The van der Waals surface area contributed by atoms with E-state index in [1.807, 2.05) is 0 Å². The molecule has 4 rings (SSSR count). The number of rotatable bonds is 3. The Kier molecular flexibility index (Phi) is 3.65. The number of aryl methyl sites for hydroxylation is 1. The summed E-state index contributed by atoms with van der Waals surface area (Å²) in [4.78, 5) is 12.7. The van der Waals surface area contributed by atoms with Crippen LogP contribution in [0, 0.1) is 0 Å². The lowest BCUT2D eigenvalue weighted by molar-refractivity contribution is -0.122. The van der Waals surface area contributed by atoms with E-state index in [0.717, 1.165) is 30.7 Å². The maximum absolute atomic E-state index is 12.4. The maximum atomic E-state index is 12.4. The lowest BCUT2D eigenvalue weighted by atomic mass is 10.1. The van der Waals surface area contributed by atoms with Crippen LogP contribution in [0.5, 0.6) is 0 Å². The monoisotopic (exact) mass is 346 g/mol. The van der Waals surface area contributed by atoms with Crippen molar-refractivity contribution < 1.29 is 13.2 Å². The molecule has 7 nitrogen and oxygen atoms in total. The average molecular weight is 346 g/mol. The van der Waals surface area contributed by atoms with Crippen molar-refractivity contribution in [2.45, 2.75) is 43.2 Å². The van der Waals surface area contributed by atoms with E-state index in [-0.39, 0.29) is 10.8 Å². The SMILES string of the molecule is O=C(NCc1n[nH]c2c1CCC2)[C@H]1Cc2ccccc2S(=O)(=O)N1. The van der Waals surface area contributed by atoms with Gasteiger partial charge in [-0.25, -0.2) is 8.42 Å². The minimum atomic E-state index is -3.65. The van der Waals surface area contributed by atoms with E-state index >= 15 is 0 Å². The van der Waals surface area contributed by atoms with Crippen LogP contribution >= 0.6 is 0 Å². The van der Waals surface area contributed by atoms with Crippen LogP contribution in [0.15, 0.2) is 29.2 Å². The molecule has 2 aliphatic rings. The largest absolute Gasteiger partial charge is 0.349 e. The van der Waals surface area contributed by atoms with Crippen molar-refractivity contribution in [2.75, 3.05) is 0 Å². The molecule has 1 aliphatic carbocycles. The standard InChI is InChI=1S/C16H18N4O3S/c21-16(17-9-14-11-5-3-6-12(11)18-19-14)13-8-10-4-1-2-7-15(10)24(22,23)20-13/h1-2,4,7,13,20H,3,5-6,8-9H2,(H,17,21)(H,18,19)/t13-/m1/s1. The van der Waals surface area contributed by atoms with Crippen molar-refractivity contribution in [1.82, 2.24) is 20.2 Å². The number of benzene rings is 1.